The standard InChI is InChI=1S/C12H21N3O2/c1-3-11-13-12(4-2)15(14-11)7-10(16)9-5-6-17-8-9/h9-10,16H,3-8H2,1-2H3. The van der Waals surface area contributed by atoms with Crippen molar-refractivity contribution < 1.29 is 9.84 Å². The van der Waals surface area contributed by atoms with Crippen molar-refractivity contribution in [3.63, 3.8) is 0 Å². The molecule has 1 fully saturated rings. The van der Waals surface area contributed by atoms with E-state index in [0.717, 1.165) is 37.5 Å². The minimum Gasteiger partial charge on any atom is -0.391 e. The number of aryl methyl sites for hydroxylation is 2. The maximum absolute atomic E-state index is 10.1. The Morgan fingerprint density at radius 3 is 2.88 bits per heavy atom. The summed E-state index contributed by atoms with van der Waals surface area (Å²) in [5.74, 6) is 2.06. The van der Waals surface area contributed by atoms with E-state index >= 15 is 0 Å². The predicted octanol–water partition coefficient (Wildman–Crippen LogP) is 0.800. The van der Waals surface area contributed by atoms with Crippen molar-refractivity contribution in [1.29, 1.82) is 0 Å². The van der Waals surface area contributed by atoms with Crippen LogP contribution in [0, 0.1) is 5.92 Å². The summed E-state index contributed by atoms with van der Waals surface area (Å²) in [5, 5.41) is 14.6. The third kappa shape index (κ3) is 2.84. The summed E-state index contributed by atoms with van der Waals surface area (Å²) < 4.78 is 7.14. The molecule has 1 saturated heterocycles. The summed E-state index contributed by atoms with van der Waals surface area (Å²) in [4.78, 5) is 4.44. The van der Waals surface area contributed by atoms with Crippen LogP contribution in [0.25, 0.3) is 0 Å². The molecule has 0 aromatic carbocycles. The van der Waals surface area contributed by atoms with E-state index in [4.69, 9.17) is 4.74 Å². The van der Waals surface area contributed by atoms with Crippen molar-refractivity contribution in [3.8, 4) is 0 Å². The third-order valence-corrected chi connectivity index (χ3v) is 3.29. The zero-order chi connectivity index (χ0) is 12.3. The van der Waals surface area contributed by atoms with E-state index < -0.39 is 0 Å². The molecule has 17 heavy (non-hydrogen) atoms. The minimum atomic E-state index is -0.380. The fourth-order valence-electron chi connectivity index (χ4n) is 2.17. The smallest absolute Gasteiger partial charge is 0.150 e. The first-order valence-corrected chi connectivity index (χ1v) is 6.43. The number of hydrogen-bond donors (Lipinski definition) is 1. The highest BCUT2D eigenvalue weighted by molar-refractivity contribution is 4.93. The minimum absolute atomic E-state index is 0.244. The Labute approximate surface area is 102 Å². The lowest BCUT2D eigenvalue weighted by molar-refractivity contribution is 0.0739. The Morgan fingerprint density at radius 2 is 2.29 bits per heavy atom. The summed E-state index contributed by atoms with van der Waals surface area (Å²) >= 11 is 0. The van der Waals surface area contributed by atoms with Crippen LogP contribution in [0.4, 0.5) is 0 Å². The van der Waals surface area contributed by atoms with Crippen LogP contribution in [-0.2, 0) is 24.1 Å². The van der Waals surface area contributed by atoms with Crippen LogP contribution in [0.5, 0.6) is 0 Å². The molecule has 2 unspecified atom stereocenters. The molecule has 0 aliphatic carbocycles. The number of aliphatic hydroxyl groups excluding tert-OH is 1. The highest BCUT2D eigenvalue weighted by Gasteiger charge is 2.25. The van der Waals surface area contributed by atoms with E-state index in [9.17, 15) is 5.11 Å². The van der Waals surface area contributed by atoms with Gasteiger partial charge in [-0.05, 0) is 6.42 Å². The molecule has 0 saturated carbocycles. The van der Waals surface area contributed by atoms with Gasteiger partial charge in [0.1, 0.15) is 5.82 Å². The molecule has 1 aliphatic heterocycles. The van der Waals surface area contributed by atoms with Gasteiger partial charge in [0.15, 0.2) is 5.82 Å². The first-order valence-electron chi connectivity index (χ1n) is 6.43. The van der Waals surface area contributed by atoms with Crippen molar-refractivity contribution in [3.05, 3.63) is 11.6 Å². The zero-order valence-electron chi connectivity index (χ0n) is 10.6. The van der Waals surface area contributed by atoms with Gasteiger partial charge in [0.2, 0.25) is 0 Å². The van der Waals surface area contributed by atoms with Gasteiger partial charge in [0, 0.05) is 25.4 Å². The van der Waals surface area contributed by atoms with E-state index in [1.165, 1.54) is 0 Å². The van der Waals surface area contributed by atoms with Crippen LogP contribution in [0.2, 0.25) is 0 Å². The van der Waals surface area contributed by atoms with Crippen LogP contribution in [0.1, 0.15) is 31.9 Å². The van der Waals surface area contributed by atoms with Crippen LogP contribution < -0.4 is 0 Å². The molecule has 2 atom stereocenters. The van der Waals surface area contributed by atoms with Gasteiger partial charge in [-0.2, -0.15) is 5.10 Å². The lowest BCUT2D eigenvalue weighted by atomic mass is 10.0. The van der Waals surface area contributed by atoms with Gasteiger partial charge in [-0.3, -0.25) is 0 Å². The Bertz CT molecular complexity index is 359. The van der Waals surface area contributed by atoms with Crippen molar-refractivity contribution in [2.75, 3.05) is 13.2 Å². The largest absolute Gasteiger partial charge is 0.391 e. The number of nitrogens with zero attached hydrogens (tertiary/aromatic N) is 3. The highest BCUT2D eigenvalue weighted by atomic mass is 16.5. The average Bonchev–Trinajstić information content (AvgIpc) is 2.97. The third-order valence-electron chi connectivity index (χ3n) is 3.29. The van der Waals surface area contributed by atoms with Gasteiger partial charge in [-0.1, -0.05) is 13.8 Å². The lowest BCUT2D eigenvalue weighted by Gasteiger charge is -2.16. The van der Waals surface area contributed by atoms with Gasteiger partial charge in [-0.25, -0.2) is 9.67 Å². The monoisotopic (exact) mass is 239 g/mol. The fourth-order valence-corrected chi connectivity index (χ4v) is 2.17. The van der Waals surface area contributed by atoms with E-state index in [2.05, 4.69) is 17.0 Å². The van der Waals surface area contributed by atoms with Gasteiger partial charge >= 0.3 is 0 Å². The SMILES string of the molecule is CCc1nc(CC)n(CC(O)C2CCOC2)n1. The van der Waals surface area contributed by atoms with Crippen molar-refractivity contribution in [2.24, 2.45) is 5.92 Å². The van der Waals surface area contributed by atoms with Crippen LogP contribution in [0.3, 0.4) is 0 Å². The molecule has 1 aromatic heterocycles. The predicted molar refractivity (Wildman–Crippen MR) is 63.7 cm³/mol. The van der Waals surface area contributed by atoms with E-state index in [-0.39, 0.29) is 12.0 Å². The quantitative estimate of drug-likeness (QED) is 0.825. The average molecular weight is 239 g/mol. The van der Waals surface area contributed by atoms with E-state index in [1.807, 2.05) is 11.6 Å². The molecule has 0 spiro atoms. The summed E-state index contributed by atoms with van der Waals surface area (Å²) in [6.07, 6.45) is 2.25. The van der Waals surface area contributed by atoms with Crippen LogP contribution in [-0.4, -0.2) is 39.2 Å². The molecule has 2 heterocycles. The first-order chi connectivity index (χ1) is 8.24. The van der Waals surface area contributed by atoms with Gasteiger partial charge in [0.25, 0.3) is 0 Å². The topological polar surface area (TPSA) is 60.2 Å². The van der Waals surface area contributed by atoms with Gasteiger partial charge in [-0.15, -0.1) is 0 Å². The summed E-state index contributed by atoms with van der Waals surface area (Å²) in [7, 11) is 0. The number of ether oxygens (including phenoxy) is 1. The first kappa shape index (κ1) is 12.5. The molecule has 5 nitrogen and oxygen atoms in total. The Hall–Kier alpha value is -0.940. The van der Waals surface area contributed by atoms with E-state index in [1.54, 1.807) is 0 Å². The van der Waals surface area contributed by atoms with E-state index in [0.29, 0.717) is 13.2 Å². The molecular weight excluding hydrogens is 218 g/mol. The van der Waals surface area contributed by atoms with Crippen LogP contribution in [0.15, 0.2) is 0 Å². The zero-order valence-corrected chi connectivity index (χ0v) is 10.6. The van der Waals surface area contributed by atoms with Crippen molar-refractivity contribution in [1.82, 2.24) is 14.8 Å². The Kier molecular flexibility index (Phi) is 4.12. The van der Waals surface area contributed by atoms with Crippen LogP contribution >= 0.6 is 0 Å². The van der Waals surface area contributed by atoms with Gasteiger partial charge < -0.3 is 9.84 Å². The Balaban J connectivity index is 2.03. The summed E-state index contributed by atoms with van der Waals surface area (Å²) in [6.45, 7) is 6.06. The summed E-state index contributed by atoms with van der Waals surface area (Å²) in [6, 6.07) is 0. The number of aliphatic hydroxyl groups is 1. The van der Waals surface area contributed by atoms with Gasteiger partial charge in [0.05, 0.1) is 19.3 Å². The van der Waals surface area contributed by atoms with Crippen molar-refractivity contribution in [2.45, 2.75) is 45.8 Å². The molecular formula is C12H21N3O2. The molecule has 1 aromatic rings. The second-order valence-electron chi connectivity index (χ2n) is 4.52. The second kappa shape index (κ2) is 5.60. The second-order valence-corrected chi connectivity index (χ2v) is 4.52. The molecule has 2 rings (SSSR count). The Morgan fingerprint density at radius 1 is 1.47 bits per heavy atom. The highest BCUT2D eigenvalue weighted by Crippen LogP contribution is 2.18. The molecule has 5 heteroatoms. The lowest BCUT2D eigenvalue weighted by Crippen LogP contribution is -2.27. The molecule has 0 amide bonds. The number of aromatic nitrogens is 3. The fraction of sp³-hybridized carbons (Fsp3) is 0.833. The number of hydrogen-bond acceptors (Lipinski definition) is 4. The number of rotatable bonds is 5. The molecule has 0 bridgehead atoms. The maximum atomic E-state index is 10.1. The van der Waals surface area contributed by atoms with Crippen molar-refractivity contribution >= 4 is 0 Å². The molecule has 0 radical (unpaired) electrons. The molecule has 1 N–H and O–H groups in total. The normalized spacial score (nSPS) is 21.9. The molecule has 96 valence electrons. The summed E-state index contributed by atoms with van der Waals surface area (Å²) in [5.41, 5.74) is 0. The molecule has 1 aliphatic rings. The maximum Gasteiger partial charge on any atom is 0.150 e.